The van der Waals surface area contributed by atoms with Gasteiger partial charge in [0.05, 0.1) is 4.90 Å². The SMILES string of the molecule is CNCCC1CCN(S(=O)(=O)c2ccc(C)c(C(N)=O)c2)CC1.Cl. The summed E-state index contributed by atoms with van der Waals surface area (Å²) in [5, 5.41) is 3.13. The van der Waals surface area contributed by atoms with Gasteiger partial charge in [-0.2, -0.15) is 4.31 Å². The lowest BCUT2D eigenvalue weighted by molar-refractivity contribution is 0.0999. The van der Waals surface area contributed by atoms with Crippen LogP contribution in [-0.4, -0.2) is 45.3 Å². The van der Waals surface area contributed by atoms with Crippen LogP contribution in [0.2, 0.25) is 0 Å². The van der Waals surface area contributed by atoms with Gasteiger partial charge in [-0.05, 0) is 63.4 Å². The van der Waals surface area contributed by atoms with Crippen LogP contribution in [0.15, 0.2) is 23.1 Å². The maximum atomic E-state index is 12.8. The molecule has 0 unspecified atom stereocenters. The Bertz CT molecular complexity index is 671. The largest absolute Gasteiger partial charge is 0.366 e. The van der Waals surface area contributed by atoms with E-state index < -0.39 is 15.9 Å². The Kier molecular flexibility index (Phi) is 7.66. The lowest BCUT2D eigenvalue weighted by Crippen LogP contribution is -2.39. The van der Waals surface area contributed by atoms with Crippen molar-refractivity contribution in [2.24, 2.45) is 11.7 Å². The van der Waals surface area contributed by atoms with Crippen molar-refractivity contribution in [3.63, 3.8) is 0 Å². The number of aryl methyl sites for hydroxylation is 1. The molecule has 1 amide bonds. The maximum absolute atomic E-state index is 12.8. The van der Waals surface area contributed by atoms with Crippen LogP contribution in [-0.2, 0) is 10.0 Å². The Balaban J connectivity index is 0.00000288. The number of carbonyl (C=O) groups is 1. The van der Waals surface area contributed by atoms with Crippen molar-refractivity contribution < 1.29 is 13.2 Å². The number of benzene rings is 1. The summed E-state index contributed by atoms with van der Waals surface area (Å²) in [5.74, 6) is -0.0431. The molecule has 0 aromatic heterocycles. The summed E-state index contributed by atoms with van der Waals surface area (Å²) in [5.41, 5.74) is 6.26. The Hall–Kier alpha value is -1.15. The number of piperidine rings is 1. The molecule has 24 heavy (non-hydrogen) atoms. The maximum Gasteiger partial charge on any atom is 0.249 e. The van der Waals surface area contributed by atoms with E-state index in [1.807, 2.05) is 7.05 Å². The molecule has 6 nitrogen and oxygen atoms in total. The highest BCUT2D eigenvalue weighted by molar-refractivity contribution is 7.89. The van der Waals surface area contributed by atoms with Crippen molar-refractivity contribution >= 4 is 28.3 Å². The molecule has 0 bridgehead atoms. The number of nitrogens with zero attached hydrogens (tertiary/aromatic N) is 1. The summed E-state index contributed by atoms with van der Waals surface area (Å²) in [6.45, 7) is 3.74. The van der Waals surface area contributed by atoms with Gasteiger partial charge in [0, 0.05) is 18.7 Å². The normalized spacial score (nSPS) is 16.6. The van der Waals surface area contributed by atoms with Crippen molar-refractivity contribution in [3.05, 3.63) is 29.3 Å². The number of rotatable bonds is 6. The molecule has 0 atom stereocenters. The summed E-state index contributed by atoms with van der Waals surface area (Å²) >= 11 is 0. The molecule has 0 aliphatic carbocycles. The minimum atomic E-state index is -3.57. The van der Waals surface area contributed by atoms with Crippen LogP contribution in [0.1, 0.15) is 35.2 Å². The number of sulfonamides is 1. The average Bonchev–Trinajstić information content (AvgIpc) is 2.53. The molecule has 1 heterocycles. The van der Waals surface area contributed by atoms with Crippen LogP contribution in [0.3, 0.4) is 0 Å². The molecule has 0 saturated carbocycles. The minimum absolute atomic E-state index is 0. The van der Waals surface area contributed by atoms with E-state index in [9.17, 15) is 13.2 Å². The van der Waals surface area contributed by atoms with Gasteiger partial charge in [0.1, 0.15) is 0 Å². The number of carbonyl (C=O) groups excluding carboxylic acids is 1. The van der Waals surface area contributed by atoms with Gasteiger partial charge in [-0.25, -0.2) is 8.42 Å². The predicted molar refractivity (Wildman–Crippen MR) is 97.0 cm³/mol. The quantitative estimate of drug-likeness (QED) is 0.788. The van der Waals surface area contributed by atoms with Gasteiger partial charge in [-0.1, -0.05) is 6.07 Å². The zero-order chi connectivity index (χ0) is 17.0. The van der Waals surface area contributed by atoms with Gasteiger partial charge in [0.2, 0.25) is 15.9 Å². The second-order valence-corrected chi connectivity index (χ2v) is 8.02. The third-order valence-electron chi connectivity index (χ3n) is 4.49. The molecular weight excluding hydrogens is 350 g/mol. The molecular formula is C16H26ClN3O3S. The number of amides is 1. The fourth-order valence-corrected chi connectivity index (χ4v) is 4.46. The summed E-state index contributed by atoms with van der Waals surface area (Å²) in [6.07, 6.45) is 2.81. The third kappa shape index (κ3) is 4.69. The number of nitrogens with two attached hydrogens (primary N) is 1. The lowest BCUT2D eigenvalue weighted by Gasteiger charge is -2.31. The van der Waals surface area contributed by atoms with Crippen molar-refractivity contribution in [1.29, 1.82) is 0 Å². The van der Waals surface area contributed by atoms with E-state index in [1.54, 1.807) is 19.1 Å². The van der Waals surface area contributed by atoms with E-state index in [0.717, 1.165) is 25.8 Å². The number of hydrogen-bond donors (Lipinski definition) is 2. The summed E-state index contributed by atoms with van der Waals surface area (Å²) in [4.78, 5) is 11.6. The van der Waals surface area contributed by atoms with Crippen LogP contribution in [0.4, 0.5) is 0 Å². The molecule has 1 fully saturated rings. The fourth-order valence-electron chi connectivity index (χ4n) is 2.96. The third-order valence-corrected chi connectivity index (χ3v) is 6.38. The van der Waals surface area contributed by atoms with E-state index in [1.165, 1.54) is 10.4 Å². The minimum Gasteiger partial charge on any atom is -0.366 e. The van der Waals surface area contributed by atoms with Crippen LogP contribution >= 0.6 is 12.4 Å². The fraction of sp³-hybridized carbons (Fsp3) is 0.562. The van der Waals surface area contributed by atoms with E-state index in [0.29, 0.717) is 24.6 Å². The van der Waals surface area contributed by atoms with Crippen LogP contribution < -0.4 is 11.1 Å². The van der Waals surface area contributed by atoms with Crippen LogP contribution in [0.5, 0.6) is 0 Å². The van der Waals surface area contributed by atoms with Gasteiger partial charge < -0.3 is 11.1 Å². The zero-order valence-corrected chi connectivity index (χ0v) is 15.8. The Labute approximate surface area is 150 Å². The highest BCUT2D eigenvalue weighted by Crippen LogP contribution is 2.26. The molecule has 1 saturated heterocycles. The van der Waals surface area contributed by atoms with Crippen LogP contribution in [0.25, 0.3) is 0 Å². The zero-order valence-electron chi connectivity index (χ0n) is 14.1. The van der Waals surface area contributed by atoms with Gasteiger partial charge in [-0.3, -0.25) is 4.79 Å². The van der Waals surface area contributed by atoms with Crippen molar-refractivity contribution in [2.75, 3.05) is 26.7 Å². The van der Waals surface area contributed by atoms with Crippen molar-refractivity contribution in [1.82, 2.24) is 9.62 Å². The van der Waals surface area contributed by atoms with E-state index in [2.05, 4.69) is 5.32 Å². The first-order valence-corrected chi connectivity index (χ1v) is 9.35. The smallest absolute Gasteiger partial charge is 0.249 e. The van der Waals surface area contributed by atoms with Gasteiger partial charge >= 0.3 is 0 Å². The molecule has 3 N–H and O–H groups in total. The molecule has 0 radical (unpaired) electrons. The standard InChI is InChI=1S/C16H25N3O3S.ClH/c1-12-3-4-14(11-15(12)16(17)20)23(21,22)19-9-6-13(7-10-19)5-8-18-2;/h3-4,11,13,18H,5-10H2,1-2H3,(H2,17,20);1H. The monoisotopic (exact) mass is 375 g/mol. The predicted octanol–water partition coefficient (Wildman–Crippen LogP) is 1.53. The second-order valence-electron chi connectivity index (χ2n) is 6.08. The first-order valence-electron chi connectivity index (χ1n) is 7.91. The summed E-state index contributed by atoms with van der Waals surface area (Å²) in [6, 6.07) is 4.57. The first kappa shape index (κ1) is 20.9. The van der Waals surface area contributed by atoms with Crippen molar-refractivity contribution in [3.8, 4) is 0 Å². The average molecular weight is 376 g/mol. The first-order chi connectivity index (χ1) is 10.9. The highest BCUT2D eigenvalue weighted by Gasteiger charge is 2.29. The molecule has 136 valence electrons. The van der Waals surface area contributed by atoms with Crippen molar-refractivity contribution in [2.45, 2.75) is 31.1 Å². The molecule has 8 heteroatoms. The van der Waals surface area contributed by atoms with Gasteiger partial charge in [0.25, 0.3) is 0 Å². The molecule has 1 aliphatic heterocycles. The summed E-state index contributed by atoms with van der Waals surface area (Å²) < 4.78 is 27.0. The lowest BCUT2D eigenvalue weighted by atomic mass is 9.95. The van der Waals surface area contributed by atoms with E-state index >= 15 is 0 Å². The number of primary amides is 1. The van der Waals surface area contributed by atoms with Gasteiger partial charge in [-0.15, -0.1) is 12.4 Å². The molecule has 2 rings (SSSR count). The molecule has 1 aliphatic rings. The van der Waals surface area contributed by atoms with E-state index in [4.69, 9.17) is 5.73 Å². The second kappa shape index (κ2) is 8.80. The van der Waals surface area contributed by atoms with Gasteiger partial charge in [0.15, 0.2) is 0 Å². The number of hydrogen-bond acceptors (Lipinski definition) is 4. The molecule has 0 spiro atoms. The Morgan fingerprint density at radius 3 is 2.50 bits per heavy atom. The van der Waals surface area contributed by atoms with Crippen LogP contribution in [0, 0.1) is 12.8 Å². The topological polar surface area (TPSA) is 92.5 Å². The Morgan fingerprint density at radius 2 is 1.96 bits per heavy atom. The Morgan fingerprint density at radius 1 is 1.33 bits per heavy atom. The highest BCUT2D eigenvalue weighted by atomic mass is 35.5. The number of halogens is 1. The molecule has 1 aromatic carbocycles. The number of nitrogens with one attached hydrogen (secondary N) is 1. The van der Waals surface area contributed by atoms with E-state index in [-0.39, 0.29) is 22.9 Å². The summed E-state index contributed by atoms with van der Waals surface area (Å²) in [7, 11) is -1.64. The molecule has 1 aromatic rings.